The lowest BCUT2D eigenvalue weighted by atomic mass is 9.90. The van der Waals surface area contributed by atoms with Gasteiger partial charge in [-0.2, -0.15) is 0 Å². The van der Waals surface area contributed by atoms with E-state index in [1.807, 2.05) is 12.3 Å². The molecule has 0 N–H and O–H groups in total. The van der Waals surface area contributed by atoms with E-state index in [9.17, 15) is 0 Å². The maximum absolute atomic E-state index is 5.90. The van der Waals surface area contributed by atoms with Crippen molar-refractivity contribution >= 4 is 17.2 Å². The molecule has 1 saturated heterocycles. The number of hydrogen-bond donors (Lipinski definition) is 0. The average Bonchev–Trinajstić information content (AvgIpc) is 2.56. The molecule has 0 radical (unpaired) electrons. The first-order valence-electron chi connectivity index (χ1n) is 7.99. The summed E-state index contributed by atoms with van der Waals surface area (Å²) in [7, 11) is 0. The number of nitrogens with zero attached hydrogens (tertiary/aromatic N) is 2. The summed E-state index contributed by atoms with van der Waals surface area (Å²) in [6.07, 6.45) is 5.20. The van der Waals surface area contributed by atoms with Gasteiger partial charge in [0.1, 0.15) is 5.15 Å². The van der Waals surface area contributed by atoms with Gasteiger partial charge in [-0.1, -0.05) is 54.1 Å². The predicted octanol–water partition coefficient (Wildman–Crippen LogP) is 3.79. The van der Waals surface area contributed by atoms with Crippen LogP contribution in [0.25, 0.3) is 5.57 Å². The van der Waals surface area contributed by atoms with Gasteiger partial charge >= 0.3 is 0 Å². The zero-order valence-electron chi connectivity index (χ0n) is 12.9. The molecule has 1 aromatic carbocycles. The van der Waals surface area contributed by atoms with Crippen LogP contribution in [-0.2, 0) is 11.3 Å². The standard InChI is InChI=1S/C19H19ClN2O/c20-19-7-6-15(10-21-19)16-8-17-12-23-13-18(9-16)22(17)11-14-4-2-1-3-5-14/h1-8,10,17-18H,9,11-13H2. The molecule has 2 unspecified atom stereocenters. The monoisotopic (exact) mass is 326 g/mol. The minimum Gasteiger partial charge on any atom is -0.378 e. The van der Waals surface area contributed by atoms with Crippen LogP contribution in [0.2, 0.25) is 5.15 Å². The Morgan fingerprint density at radius 3 is 2.74 bits per heavy atom. The van der Waals surface area contributed by atoms with Gasteiger partial charge in [0.2, 0.25) is 0 Å². The maximum Gasteiger partial charge on any atom is 0.129 e. The first-order valence-corrected chi connectivity index (χ1v) is 8.37. The molecule has 3 nitrogen and oxygen atoms in total. The summed E-state index contributed by atoms with van der Waals surface area (Å²) in [6.45, 7) is 2.53. The van der Waals surface area contributed by atoms with E-state index >= 15 is 0 Å². The summed E-state index contributed by atoms with van der Waals surface area (Å²) in [4.78, 5) is 6.78. The summed E-state index contributed by atoms with van der Waals surface area (Å²) in [5.74, 6) is 0. The van der Waals surface area contributed by atoms with Crippen LogP contribution < -0.4 is 0 Å². The molecule has 23 heavy (non-hydrogen) atoms. The van der Waals surface area contributed by atoms with Gasteiger partial charge in [-0.05, 0) is 29.2 Å². The summed E-state index contributed by atoms with van der Waals surface area (Å²) in [5, 5.41) is 0.541. The Kier molecular flexibility index (Phi) is 4.17. The maximum atomic E-state index is 5.90. The molecule has 4 heteroatoms. The van der Waals surface area contributed by atoms with Crippen LogP contribution in [0.15, 0.2) is 54.7 Å². The normalized spacial score (nSPS) is 24.3. The van der Waals surface area contributed by atoms with Crippen LogP contribution in [0.4, 0.5) is 0 Å². The first kappa shape index (κ1) is 14.9. The molecule has 2 aliphatic heterocycles. The Hall–Kier alpha value is -1.68. The highest BCUT2D eigenvalue weighted by Gasteiger charge is 2.34. The van der Waals surface area contributed by atoms with Gasteiger partial charge in [-0.3, -0.25) is 4.90 Å². The number of rotatable bonds is 3. The molecule has 0 spiro atoms. The van der Waals surface area contributed by atoms with Crippen LogP contribution in [0.1, 0.15) is 17.5 Å². The highest BCUT2D eigenvalue weighted by Crippen LogP contribution is 2.33. The second-order valence-corrected chi connectivity index (χ2v) is 6.57. The number of aromatic nitrogens is 1. The lowest BCUT2D eigenvalue weighted by molar-refractivity contribution is -0.0402. The Morgan fingerprint density at radius 1 is 1.13 bits per heavy atom. The molecule has 2 aromatic rings. The molecule has 0 aliphatic carbocycles. The highest BCUT2D eigenvalue weighted by molar-refractivity contribution is 6.29. The number of hydrogen-bond acceptors (Lipinski definition) is 3. The van der Waals surface area contributed by atoms with Crippen LogP contribution >= 0.6 is 11.6 Å². The van der Waals surface area contributed by atoms with Crippen molar-refractivity contribution < 1.29 is 4.74 Å². The Balaban J connectivity index is 1.59. The lowest BCUT2D eigenvalue weighted by Gasteiger charge is -2.44. The van der Waals surface area contributed by atoms with Gasteiger partial charge in [0.15, 0.2) is 0 Å². The van der Waals surface area contributed by atoms with Crippen molar-refractivity contribution in [2.45, 2.75) is 25.0 Å². The highest BCUT2D eigenvalue weighted by atomic mass is 35.5. The molecule has 1 fully saturated rings. The zero-order chi connectivity index (χ0) is 15.6. The third-order valence-electron chi connectivity index (χ3n) is 4.65. The quantitative estimate of drug-likeness (QED) is 0.802. The van der Waals surface area contributed by atoms with Gasteiger partial charge < -0.3 is 4.74 Å². The smallest absolute Gasteiger partial charge is 0.129 e. The third-order valence-corrected chi connectivity index (χ3v) is 4.87. The number of pyridine rings is 1. The van der Waals surface area contributed by atoms with E-state index in [1.54, 1.807) is 0 Å². The fraction of sp³-hybridized carbons (Fsp3) is 0.316. The van der Waals surface area contributed by atoms with Crippen molar-refractivity contribution in [2.75, 3.05) is 13.2 Å². The second kappa shape index (κ2) is 6.44. The van der Waals surface area contributed by atoms with Gasteiger partial charge in [-0.25, -0.2) is 4.98 Å². The van der Waals surface area contributed by atoms with Crippen LogP contribution in [-0.4, -0.2) is 35.2 Å². The van der Waals surface area contributed by atoms with Gasteiger partial charge in [0, 0.05) is 18.8 Å². The lowest BCUT2D eigenvalue weighted by Crippen LogP contribution is -2.53. The Bertz CT molecular complexity index is 699. The molecule has 0 saturated carbocycles. The van der Waals surface area contributed by atoms with Crippen LogP contribution in [0.5, 0.6) is 0 Å². The first-order chi connectivity index (χ1) is 11.3. The third kappa shape index (κ3) is 3.18. The van der Waals surface area contributed by atoms with Crippen molar-refractivity contribution in [3.05, 3.63) is 71.0 Å². The van der Waals surface area contributed by atoms with E-state index < -0.39 is 0 Å². The van der Waals surface area contributed by atoms with Crippen LogP contribution in [0, 0.1) is 0 Å². The zero-order valence-corrected chi connectivity index (χ0v) is 13.6. The molecule has 3 heterocycles. The summed E-state index contributed by atoms with van der Waals surface area (Å²) >= 11 is 5.90. The van der Waals surface area contributed by atoms with Crippen molar-refractivity contribution in [1.82, 2.24) is 9.88 Å². The van der Waals surface area contributed by atoms with Crippen molar-refractivity contribution in [3.8, 4) is 0 Å². The average molecular weight is 327 g/mol. The number of benzene rings is 1. The molecule has 4 rings (SSSR count). The van der Waals surface area contributed by atoms with Crippen molar-refractivity contribution in [3.63, 3.8) is 0 Å². The molecule has 118 valence electrons. The fourth-order valence-corrected chi connectivity index (χ4v) is 3.59. The van der Waals surface area contributed by atoms with Gasteiger partial charge in [0.05, 0.1) is 19.3 Å². The minimum atomic E-state index is 0.327. The summed E-state index contributed by atoms with van der Waals surface area (Å²) in [6, 6.07) is 15.3. The number of fused-ring (bicyclic) bond motifs is 2. The predicted molar refractivity (Wildman–Crippen MR) is 92.2 cm³/mol. The van der Waals surface area contributed by atoms with Gasteiger partial charge in [0.25, 0.3) is 0 Å². The summed E-state index contributed by atoms with van der Waals surface area (Å²) in [5.41, 5.74) is 3.89. The molecule has 0 amide bonds. The van der Waals surface area contributed by atoms with E-state index in [0.29, 0.717) is 17.2 Å². The van der Waals surface area contributed by atoms with E-state index in [2.05, 4.69) is 52.4 Å². The topological polar surface area (TPSA) is 25.4 Å². The second-order valence-electron chi connectivity index (χ2n) is 6.18. The SMILES string of the molecule is Clc1ccc(C2=CC3COCC(C2)N3Cc2ccccc2)cn1. The number of morpholine rings is 1. The van der Waals surface area contributed by atoms with E-state index in [4.69, 9.17) is 16.3 Å². The van der Waals surface area contributed by atoms with E-state index in [0.717, 1.165) is 26.2 Å². The number of ether oxygens (including phenoxy) is 1. The summed E-state index contributed by atoms with van der Waals surface area (Å²) < 4.78 is 5.78. The minimum absolute atomic E-state index is 0.327. The Morgan fingerprint density at radius 2 is 2.00 bits per heavy atom. The Labute approximate surface area is 141 Å². The largest absolute Gasteiger partial charge is 0.378 e. The van der Waals surface area contributed by atoms with Crippen molar-refractivity contribution in [1.29, 1.82) is 0 Å². The van der Waals surface area contributed by atoms with E-state index in [-0.39, 0.29) is 0 Å². The van der Waals surface area contributed by atoms with Crippen LogP contribution in [0.3, 0.4) is 0 Å². The molecule has 2 aliphatic rings. The van der Waals surface area contributed by atoms with E-state index in [1.165, 1.54) is 16.7 Å². The molecule has 2 bridgehead atoms. The van der Waals surface area contributed by atoms with Crippen molar-refractivity contribution in [2.24, 2.45) is 0 Å². The molecule has 1 aromatic heterocycles. The number of halogens is 1. The molecular formula is C19H19ClN2O. The fourth-order valence-electron chi connectivity index (χ4n) is 3.48. The molecular weight excluding hydrogens is 308 g/mol. The van der Waals surface area contributed by atoms with Gasteiger partial charge in [-0.15, -0.1) is 0 Å². The molecule has 2 atom stereocenters.